The van der Waals surface area contributed by atoms with E-state index in [-0.39, 0.29) is 12.5 Å². The highest BCUT2D eigenvalue weighted by atomic mass is 16.5. The maximum Gasteiger partial charge on any atom is 0.263 e. The Kier molecular flexibility index (Phi) is 5.75. The molecule has 22 heavy (non-hydrogen) atoms. The normalized spacial score (nSPS) is 16.9. The van der Waals surface area contributed by atoms with Crippen LogP contribution in [0.15, 0.2) is 24.3 Å². The minimum atomic E-state index is -0.558. The zero-order valence-electron chi connectivity index (χ0n) is 12.7. The molecule has 1 unspecified atom stereocenters. The molecule has 1 N–H and O–H groups in total. The summed E-state index contributed by atoms with van der Waals surface area (Å²) < 4.78 is 5.65. The number of hydrogen-bond donors (Lipinski definition) is 1. The predicted octanol–water partition coefficient (Wildman–Crippen LogP) is 0.462. The highest BCUT2D eigenvalue weighted by Gasteiger charge is 2.25. The van der Waals surface area contributed by atoms with Gasteiger partial charge in [-0.2, -0.15) is 5.26 Å². The van der Waals surface area contributed by atoms with Crippen LogP contribution in [0.1, 0.15) is 12.5 Å². The minimum Gasteiger partial charge on any atom is -0.481 e. The van der Waals surface area contributed by atoms with Crippen LogP contribution in [0.3, 0.4) is 0 Å². The lowest BCUT2D eigenvalue weighted by atomic mass is 10.2. The molecule has 118 valence electrons. The highest BCUT2D eigenvalue weighted by molar-refractivity contribution is 5.81. The number of β-amino-alcohol motifs (C(OH)–C–C–N with tert-alkyl or cyclic N) is 1. The Morgan fingerprint density at radius 1 is 1.32 bits per heavy atom. The molecule has 0 saturated carbocycles. The van der Waals surface area contributed by atoms with Crippen molar-refractivity contribution in [3.05, 3.63) is 29.8 Å². The van der Waals surface area contributed by atoms with Crippen molar-refractivity contribution in [2.24, 2.45) is 0 Å². The summed E-state index contributed by atoms with van der Waals surface area (Å²) in [6.45, 7) is 5.39. The smallest absolute Gasteiger partial charge is 0.263 e. The molecular weight excluding hydrogens is 282 g/mol. The number of aliphatic hydroxyl groups excluding tert-OH is 1. The van der Waals surface area contributed by atoms with E-state index in [2.05, 4.69) is 4.90 Å². The Morgan fingerprint density at radius 3 is 2.50 bits per heavy atom. The molecular formula is C16H21N3O3. The SMILES string of the molecule is CC(Oc1ccc(C#N)cc1)C(=O)N1CCN(CCO)CC1. The van der Waals surface area contributed by atoms with Crippen LogP contribution in [0.4, 0.5) is 0 Å². The van der Waals surface area contributed by atoms with Crippen LogP contribution in [0.25, 0.3) is 0 Å². The first-order valence-electron chi connectivity index (χ1n) is 7.43. The van der Waals surface area contributed by atoms with E-state index in [1.807, 2.05) is 6.07 Å². The van der Waals surface area contributed by atoms with Gasteiger partial charge in [0.15, 0.2) is 6.10 Å². The maximum atomic E-state index is 12.4. The molecule has 2 rings (SSSR count). The monoisotopic (exact) mass is 303 g/mol. The number of nitrogens with zero attached hydrogens (tertiary/aromatic N) is 3. The van der Waals surface area contributed by atoms with Crippen molar-refractivity contribution < 1.29 is 14.6 Å². The third-order valence-electron chi connectivity index (χ3n) is 3.74. The molecule has 0 aromatic heterocycles. The average molecular weight is 303 g/mol. The highest BCUT2D eigenvalue weighted by Crippen LogP contribution is 2.15. The summed E-state index contributed by atoms with van der Waals surface area (Å²) in [7, 11) is 0. The number of aliphatic hydroxyl groups is 1. The van der Waals surface area contributed by atoms with Gasteiger partial charge in [0.1, 0.15) is 5.75 Å². The summed E-state index contributed by atoms with van der Waals surface area (Å²) in [4.78, 5) is 16.3. The van der Waals surface area contributed by atoms with Crippen molar-refractivity contribution in [1.82, 2.24) is 9.80 Å². The number of benzene rings is 1. The summed E-state index contributed by atoms with van der Waals surface area (Å²) in [5.74, 6) is 0.548. The molecule has 1 aliphatic rings. The Balaban J connectivity index is 1.85. The molecule has 6 nitrogen and oxygen atoms in total. The maximum absolute atomic E-state index is 12.4. The van der Waals surface area contributed by atoms with Gasteiger partial charge in [0.25, 0.3) is 5.91 Å². The standard InChI is InChI=1S/C16H21N3O3/c1-13(22-15-4-2-14(12-17)3-5-15)16(21)19-8-6-18(7-9-19)10-11-20/h2-5,13,20H,6-11H2,1H3. The molecule has 6 heteroatoms. The number of amides is 1. The van der Waals surface area contributed by atoms with Crippen molar-refractivity contribution >= 4 is 5.91 Å². The topological polar surface area (TPSA) is 76.8 Å². The lowest BCUT2D eigenvalue weighted by Gasteiger charge is -2.35. The van der Waals surface area contributed by atoms with Crippen molar-refractivity contribution in [2.75, 3.05) is 39.3 Å². The molecule has 1 aromatic carbocycles. The fourth-order valence-corrected chi connectivity index (χ4v) is 2.45. The van der Waals surface area contributed by atoms with Gasteiger partial charge in [-0.05, 0) is 31.2 Å². The molecule has 1 aliphatic heterocycles. The number of hydrogen-bond acceptors (Lipinski definition) is 5. The second-order valence-corrected chi connectivity index (χ2v) is 5.29. The van der Waals surface area contributed by atoms with Crippen LogP contribution in [0.2, 0.25) is 0 Å². The quantitative estimate of drug-likeness (QED) is 0.855. The van der Waals surface area contributed by atoms with Gasteiger partial charge in [0, 0.05) is 32.7 Å². The Hall–Kier alpha value is -2.10. The minimum absolute atomic E-state index is 0.0343. The molecule has 0 aliphatic carbocycles. The van der Waals surface area contributed by atoms with Gasteiger partial charge >= 0.3 is 0 Å². The number of carbonyl (C=O) groups is 1. The van der Waals surface area contributed by atoms with Crippen molar-refractivity contribution in [2.45, 2.75) is 13.0 Å². The Morgan fingerprint density at radius 2 is 1.95 bits per heavy atom. The molecule has 1 atom stereocenters. The van der Waals surface area contributed by atoms with Crippen LogP contribution >= 0.6 is 0 Å². The molecule has 0 spiro atoms. The van der Waals surface area contributed by atoms with Gasteiger partial charge in [-0.15, -0.1) is 0 Å². The number of piperazine rings is 1. The average Bonchev–Trinajstić information content (AvgIpc) is 2.56. The summed E-state index contributed by atoms with van der Waals surface area (Å²) >= 11 is 0. The number of rotatable bonds is 5. The van der Waals surface area contributed by atoms with E-state index in [0.29, 0.717) is 30.9 Å². The summed E-state index contributed by atoms with van der Waals surface area (Å²) in [6, 6.07) is 8.77. The zero-order valence-corrected chi connectivity index (χ0v) is 12.7. The molecule has 1 heterocycles. The number of nitriles is 1. The van der Waals surface area contributed by atoms with Crippen molar-refractivity contribution in [1.29, 1.82) is 5.26 Å². The predicted molar refractivity (Wildman–Crippen MR) is 81.4 cm³/mol. The van der Waals surface area contributed by atoms with Crippen LogP contribution in [0.5, 0.6) is 5.75 Å². The van der Waals surface area contributed by atoms with E-state index >= 15 is 0 Å². The van der Waals surface area contributed by atoms with E-state index < -0.39 is 6.10 Å². The lowest BCUT2D eigenvalue weighted by Crippen LogP contribution is -2.52. The number of carbonyl (C=O) groups excluding carboxylic acids is 1. The van der Waals surface area contributed by atoms with Crippen LogP contribution in [0, 0.1) is 11.3 Å². The fraction of sp³-hybridized carbons (Fsp3) is 0.500. The van der Waals surface area contributed by atoms with Crippen LogP contribution in [-0.2, 0) is 4.79 Å². The first-order chi connectivity index (χ1) is 10.6. The van der Waals surface area contributed by atoms with Gasteiger partial charge in [-0.3, -0.25) is 9.69 Å². The molecule has 1 amide bonds. The molecule has 1 aromatic rings. The first-order valence-corrected chi connectivity index (χ1v) is 7.43. The third kappa shape index (κ3) is 4.20. The largest absolute Gasteiger partial charge is 0.481 e. The van der Waals surface area contributed by atoms with E-state index in [1.54, 1.807) is 36.1 Å². The van der Waals surface area contributed by atoms with Crippen LogP contribution < -0.4 is 4.74 Å². The molecule has 1 fully saturated rings. The van der Waals surface area contributed by atoms with E-state index in [1.165, 1.54) is 0 Å². The third-order valence-corrected chi connectivity index (χ3v) is 3.74. The van der Waals surface area contributed by atoms with Crippen molar-refractivity contribution in [3.63, 3.8) is 0 Å². The van der Waals surface area contributed by atoms with E-state index in [9.17, 15) is 4.79 Å². The van der Waals surface area contributed by atoms with Crippen molar-refractivity contribution in [3.8, 4) is 11.8 Å². The number of ether oxygens (including phenoxy) is 1. The molecule has 1 saturated heterocycles. The van der Waals surface area contributed by atoms with Gasteiger partial charge in [-0.1, -0.05) is 0 Å². The fourth-order valence-electron chi connectivity index (χ4n) is 2.45. The zero-order chi connectivity index (χ0) is 15.9. The van der Waals surface area contributed by atoms with E-state index in [4.69, 9.17) is 15.1 Å². The molecule has 0 bridgehead atoms. The van der Waals surface area contributed by atoms with Gasteiger partial charge in [-0.25, -0.2) is 0 Å². The van der Waals surface area contributed by atoms with Gasteiger partial charge < -0.3 is 14.7 Å². The summed E-state index contributed by atoms with van der Waals surface area (Å²) in [5, 5.41) is 17.7. The molecule has 0 radical (unpaired) electrons. The van der Waals surface area contributed by atoms with Gasteiger partial charge in [0.2, 0.25) is 0 Å². The Bertz CT molecular complexity index is 531. The van der Waals surface area contributed by atoms with Gasteiger partial charge in [0.05, 0.1) is 18.2 Å². The lowest BCUT2D eigenvalue weighted by molar-refractivity contribution is -0.139. The second kappa shape index (κ2) is 7.78. The second-order valence-electron chi connectivity index (χ2n) is 5.29. The summed E-state index contributed by atoms with van der Waals surface area (Å²) in [6.07, 6.45) is -0.558. The van der Waals surface area contributed by atoms with Crippen LogP contribution in [-0.4, -0.2) is 66.2 Å². The summed E-state index contributed by atoms with van der Waals surface area (Å²) in [5.41, 5.74) is 0.561. The Labute approximate surface area is 130 Å². The van der Waals surface area contributed by atoms with E-state index in [0.717, 1.165) is 13.1 Å². The first kappa shape index (κ1) is 16.3.